The van der Waals surface area contributed by atoms with Gasteiger partial charge in [-0.25, -0.2) is 4.79 Å². The van der Waals surface area contributed by atoms with Crippen molar-refractivity contribution in [3.05, 3.63) is 29.8 Å². The number of thioether (sulfide) groups is 1. The standard InChI is InChI=1S/C13H15NO2S/c1-13(2,9-14)7-8-17-11-5-3-10(4-6-11)12(15)16/h3-6H,7-8H2,1-2H3,(H,15,16). The highest BCUT2D eigenvalue weighted by Gasteiger charge is 2.15. The second-order valence-electron chi connectivity index (χ2n) is 4.42. The Labute approximate surface area is 105 Å². The lowest BCUT2D eigenvalue weighted by Gasteiger charge is -2.13. The Morgan fingerprint density at radius 3 is 2.47 bits per heavy atom. The molecule has 0 heterocycles. The van der Waals surface area contributed by atoms with Crippen molar-refractivity contribution in [2.45, 2.75) is 25.2 Å². The minimum atomic E-state index is -0.910. The highest BCUT2D eigenvalue weighted by molar-refractivity contribution is 7.99. The van der Waals surface area contributed by atoms with Gasteiger partial charge >= 0.3 is 5.97 Å². The second kappa shape index (κ2) is 5.74. The van der Waals surface area contributed by atoms with Crippen LogP contribution in [0.1, 0.15) is 30.6 Å². The fraction of sp³-hybridized carbons (Fsp3) is 0.385. The maximum Gasteiger partial charge on any atom is 0.335 e. The van der Waals surface area contributed by atoms with Gasteiger partial charge in [0, 0.05) is 4.90 Å². The molecule has 0 amide bonds. The van der Waals surface area contributed by atoms with Gasteiger partial charge < -0.3 is 5.11 Å². The fourth-order valence-corrected chi connectivity index (χ4v) is 2.35. The molecular formula is C13H15NO2S. The van der Waals surface area contributed by atoms with Crippen LogP contribution in [0.3, 0.4) is 0 Å². The van der Waals surface area contributed by atoms with E-state index in [9.17, 15) is 4.79 Å². The summed E-state index contributed by atoms with van der Waals surface area (Å²) < 4.78 is 0. The number of benzene rings is 1. The molecule has 0 bridgehead atoms. The predicted molar refractivity (Wildman–Crippen MR) is 68.1 cm³/mol. The summed E-state index contributed by atoms with van der Waals surface area (Å²) in [6.07, 6.45) is 0.814. The lowest BCUT2D eigenvalue weighted by molar-refractivity contribution is 0.0697. The number of carbonyl (C=O) groups is 1. The van der Waals surface area contributed by atoms with E-state index in [0.717, 1.165) is 17.1 Å². The van der Waals surface area contributed by atoms with Crippen molar-refractivity contribution >= 4 is 17.7 Å². The zero-order valence-corrected chi connectivity index (χ0v) is 10.8. The Kier molecular flexibility index (Phi) is 4.59. The topological polar surface area (TPSA) is 61.1 Å². The van der Waals surface area contributed by atoms with Gasteiger partial charge in [-0.2, -0.15) is 5.26 Å². The molecule has 1 N–H and O–H groups in total. The quantitative estimate of drug-likeness (QED) is 0.812. The molecule has 3 nitrogen and oxygen atoms in total. The van der Waals surface area contributed by atoms with Gasteiger partial charge in [0.25, 0.3) is 0 Å². The van der Waals surface area contributed by atoms with E-state index in [1.165, 1.54) is 0 Å². The van der Waals surface area contributed by atoms with Gasteiger partial charge in [0.1, 0.15) is 0 Å². The summed E-state index contributed by atoms with van der Waals surface area (Å²) in [5.41, 5.74) is 0.000261. The normalized spacial score (nSPS) is 10.9. The first kappa shape index (κ1) is 13.6. The lowest BCUT2D eigenvalue weighted by Crippen LogP contribution is -2.08. The Morgan fingerprint density at radius 2 is 2.00 bits per heavy atom. The third-order valence-electron chi connectivity index (χ3n) is 2.40. The monoisotopic (exact) mass is 249 g/mol. The number of hydrogen-bond acceptors (Lipinski definition) is 3. The molecule has 0 aliphatic heterocycles. The molecule has 0 fully saturated rings. The van der Waals surface area contributed by atoms with Crippen molar-refractivity contribution in [1.82, 2.24) is 0 Å². The minimum absolute atomic E-state index is 0.298. The first-order valence-corrected chi connectivity index (χ1v) is 6.30. The lowest BCUT2D eigenvalue weighted by atomic mass is 9.93. The SMILES string of the molecule is CC(C)(C#N)CCSc1ccc(C(=O)O)cc1. The van der Waals surface area contributed by atoms with Gasteiger partial charge in [-0.3, -0.25) is 0 Å². The molecule has 0 atom stereocenters. The predicted octanol–water partition coefficient (Wildman–Crippen LogP) is 3.42. The van der Waals surface area contributed by atoms with Crippen molar-refractivity contribution in [2.24, 2.45) is 5.41 Å². The van der Waals surface area contributed by atoms with Crippen LogP contribution < -0.4 is 0 Å². The summed E-state index contributed by atoms with van der Waals surface area (Å²) in [5.74, 6) is -0.0559. The van der Waals surface area contributed by atoms with Gasteiger partial charge in [0.2, 0.25) is 0 Å². The number of hydrogen-bond donors (Lipinski definition) is 1. The van der Waals surface area contributed by atoms with E-state index >= 15 is 0 Å². The molecule has 0 aromatic heterocycles. The number of aromatic carboxylic acids is 1. The van der Waals surface area contributed by atoms with E-state index in [1.807, 2.05) is 13.8 Å². The van der Waals surface area contributed by atoms with Crippen molar-refractivity contribution in [3.63, 3.8) is 0 Å². The molecule has 1 rings (SSSR count). The number of carboxylic acid groups (broad SMARTS) is 1. The van der Waals surface area contributed by atoms with Gasteiger partial charge in [0.15, 0.2) is 0 Å². The van der Waals surface area contributed by atoms with Crippen LogP contribution in [0.15, 0.2) is 29.2 Å². The fourth-order valence-electron chi connectivity index (χ4n) is 1.17. The molecule has 0 aliphatic rings. The van der Waals surface area contributed by atoms with Crippen LogP contribution in [0, 0.1) is 16.7 Å². The number of carboxylic acids is 1. The Morgan fingerprint density at radius 1 is 1.41 bits per heavy atom. The molecule has 1 aromatic rings. The molecule has 0 saturated carbocycles. The van der Waals surface area contributed by atoms with Crippen LogP contribution in [0.2, 0.25) is 0 Å². The number of nitriles is 1. The summed E-state index contributed by atoms with van der Waals surface area (Å²) in [7, 11) is 0. The first-order chi connectivity index (χ1) is 7.94. The first-order valence-electron chi connectivity index (χ1n) is 5.32. The smallest absolute Gasteiger partial charge is 0.335 e. The summed E-state index contributed by atoms with van der Waals surface area (Å²) in [4.78, 5) is 11.7. The molecule has 4 heteroatoms. The summed E-state index contributed by atoms with van der Waals surface area (Å²) in [6, 6.07) is 9.05. The average molecular weight is 249 g/mol. The van der Waals surface area contributed by atoms with E-state index in [1.54, 1.807) is 36.0 Å². The van der Waals surface area contributed by atoms with Gasteiger partial charge in [-0.1, -0.05) is 0 Å². The third-order valence-corrected chi connectivity index (χ3v) is 3.41. The largest absolute Gasteiger partial charge is 0.478 e. The van der Waals surface area contributed by atoms with Crippen LogP contribution in [0.4, 0.5) is 0 Å². The molecule has 90 valence electrons. The zero-order valence-electron chi connectivity index (χ0n) is 9.93. The summed E-state index contributed by atoms with van der Waals surface area (Å²) >= 11 is 1.64. The molecule has 0 radical (unpaired) electrons. The molecule has 0 spiro atoms. The zero-order chi connectivity index (χ0) is 12.9. The van der Waals surface area contributed by atoms with Crippen molar-refractivity contribution in [3.8, 4) is 6.07 Å². The maximum absolute atomic E-state index is 10.7. The molecule has 0 saturated heterocycles. The maximum atomic E-state index is 10.7. The summed E-state index contributed by atoms with van der Waals surface area (Å²) in [5, 5.41) is 17.6. The highest BCUT2D eigenvalue weighted by Crippen LogP contribution is 2.25. The molecule has 0 unspecified atom stereocenters. The van der Waals surface area contributed by atoms with E-state index in [2.05, 4.69) is 6.07 Å². The molecule has 1 aromatic carbocycles. The Balaban J connectivity index is 2.49. The Hall–Kier alpha value is -1.47. The average Bonchev–Trinajstić information content (AvgIpc) is 2.29. The van der Waals surface area contributed by atoms with E-state index in [4.69, 9.17) is 10.4 Å². The van der Waals surface area contributed by atoms with Crippen molar-refractivity contribution < 1.29 is 9.90 Å². The Bertz CT molecular complexity index is 432. The number of rotatable bonds is 5. The van der Waals surface area contributed by atoms with Crippen molar-refractivity contribution in [2.75, 3.05) is 5.75 Å². The van der Waals surface area contributed by atoms with Gasteiger partial charge in [-0.05, 0) is 50.3 Å². The van der Waals surface area contributed by atoms with Crippen LogP contribution in [0.25, 0.3) is 0 Å². The molecular weight excluding hydrogens is 234 g/mol. The minimum Gasteiger partial charge on any atom is -0.478 e. The van der Waals surface area contributed by atoms with E-state index < -0.39 is 5.97 Å². The van der Waals surface area contributed by atoms with Gasteiger partial charge in [0.05, 0.1) is 17.0 Å². The van der Waals surface area contributed by atoms with Crippen molar-refractivity contribution in [1.29, 1.82) is 5.26 Å². The van der Waals surface area contributed by atoms with Crippen LogP contribution in [0.5, 0.6) is 0 Å². The second-order valence-corrected chi connectivity index (χ2v) is 5.59. The van der Waals surface area contributed by atoms with Crippen LogP contribution in [-0.2, 0) is 0 Å². The molecule has 17 heavy (non-hydrogen) atoms. The van der Waals surface area contributed by atoms with E-state index in [-0.39, 0.29) is 5.41 Å². The van der Waals surface area contributed by atoms with E-state index in [0.29, 0.717) is 5.56 Å². The van der Waals surface area contributed by atoms with Gasteiger partial charge in [-0.15, -0.1) is 11.8 Å². The van der Waals surface area contributed by atoms with Crippen LogP contribution in [-0.4, -0.2) is 16.8 Å². The molecule has 0 aliphatic carbocycles. The third kappa shape index (κ3) is 4.49. The highest BCUT2D eigenvalue weighted by atomic mass is 32.2. The van der Waals surface area contributed by atoms with Crippen LogP contribution >= 0.6 is 11.8 Å². The number of nitrogens with zero attached hydrogens (tertiary/aromatic N) is 1. The summed E-state index contributed by atoms with van der Waals surface area (Å²) in [6.45, 7) is 3.84.